The van der Waals surface area contributed by atoms with Gasteiger partial charge in [0.15, 0.2) is 5.78 Å². The van der Waals surface area contributed by atoms with E-state index in [9.17, 15) is 28.8 Å². The van der Waals surface area contributed by atoms with Crippen molar-refractivity contribution in [2.75, 3.05) is 81.3 Å². The number of carbonyl (C=O) groups is 5. The lowest BCUT2D eigenvalue weighted by molar-refractivity contribution is -0.142. The lowest BCUT2D eigenvalue weighted by Gasteiger charge is -2.25. The van der Waals surface area contributed by atoms with Gasteiger partial charge in [0.25, 0.3) is 11.5 Å². The maximum Gasteiger partial charge on any atom is 0.341 e. The smallest absolute Gasteiger partial charge is 0.341 e. The first kappa shape index (κ1) is 89.4. The number of benzene rings is 7. The molecule has 3 aliphatic rings. The molecule has 1 amide bonds. The molecule has 0 saturated carbocycles. The molecule has 3 fully saturated rings. The molecule has 0 bridgehead atoms. The predicted molar refractivity (Wildman–Crippen MR) is 453 cm³/mol. The third-order valence-corrected chi connectivity index (χ3v) is 21.5. The summed E-state index contributed by atoms with van der Waals surface area (Å²) in [5.74, 6) is 0.0569. The Bertz CT molecular complexity index is 5390. The van der Waals surface area contributed by atoms with E-state index < -0.39 is 17.9 Å². The van der Waals surface area contributed by atoms with Crippen LogP contribution in [0.5, 0.6) is 23.0 Å². The lowest BCUT2D eigenvalue weighted by Crippen LogP contribution is -2.25. The van der Waals surface area contributed by atoms with Crippen molar-refractivity contribution >= 4 is 160 Å². The molecule has 3 aliphatic heterocycles. The lowest BCUT2D eigenvalue weighted by atomic mass is 10.0. The summed E-state index contributed by atoms with van der Waals surface area (Å²) in [6.07, 6.45) is 9.55. The molecule has 24 nitrogen and oxygen atoms in total. The van der Waals surface area contributed by atoms with E-state index in [1.807, 2.05) is 68.6 Å². The standard InChI is InChI=1S/C24H25Cl2N3O4.C24H24ClN3O4.C17H18Cl2N2O3.C11H10Cl2O3.C7H4BrClO2/c1-31-18-5-3-15(22(12-18)32-2)13-27-24(30)20-14-28-29(17-7-9-33-10-8-17)23(20)19-6-4-16(25)11-21(19)26;1-30-18-5-3-15(22(12-18)31-2)14-27-21-11-16(25)4-6-19(21)23-20(24(27)29)13-26-28(23)17-7-9-32-10-8-17;1-2-24-17(22)14-10-20-21(12-5-7-23-8-6-12)16(14)13-4-3-11(18)9-15(13)19;1-2-16-11(15)6-10(14)8-4-3-7(12)5-9(8)13;8-4-1-2-5(7(10)11)6(9)3-4/h3-6,11-12,14,17H,7-10,13H2,1-2H3,(H,27,30);3-6,11-13,17H,7-10,14H2,1-2H3;3-4,9-10,12H,2,5-8H2,1H3;3-5H,2,6H2,1H3;1-3H,(H,10,11). The van der Waals surface area contributed by atoms with Crippen molar-refractivity contribution in [3.05, 3.63) is 234 Å². The van der Waals surface area contributed by atoms with Gasteiger partial charge in [-0.25, -0.2) is 9.59 Å². The number of hydrogen-bond donors (Lipinski definition) is 2. The summed E-state index contributed by atoms with van der Waals surface area (Å²) in [5.41, 5.74) is 7.22. The summed E-state index contributed by atoms with van der Waals surface area (Å²) in [7, 11) is 6.39. The van der Waals surface area contributed by atoms with E-state index in [-0.39, 0.29) is 76.1 Å². The third-order valence-electron chi connectivity index (χ3n) is 18.8. The van der Waals surface area contributed by atoms with Gasteiger partial charge in [0.2, 0.25) is 0 Å². The van der Waals surface area contributed by atoms with Crippen molar-refractivity contribution in [1.82, 2.24) is 39.2 Å². The van der Waals surface area contributed by atoms with Crippen LogP contribution in [0.4, 0.5) is 0 Å². The average molecular weight is 1810 g/mol. The van der Waals surface area contributed by atoms with Crippen LogP contribution >= 0.6 is 109 Å². The van der Waals surface area contributed by atoms with Gasteiger partial charge in [-0.1, -0.05) is 109 Å². The van der Waals surface area contributed by atoms with Crippen molar-refractivity contribution < 1.29 is 71.7 Å². The number of Topliss-reactive ketones (excluding diaryl/α,β-unsaturated/α-hetero) is 1. The number of esters is 2. The molecule has 116 heavy (non-hydrogen) atoms. The van der Waals surface area contributed by atoms with Crippen molar-refractivity contribution in [2.24, 2.45) is 0 Å². The van der Waals surface area contributed by atoms with Gasteiger partial charge in [-0.05, 0) is 168 Å². The van der Waals surface area contributed by atoms with Gasteiger partial charge in [-0.2, -0.15) is 15.3 Å². The van der Waals surface area contributed by atoms with Crippen LogP contribution in [0.15, 0.2) is 155 Å². The molecule has 0 aliphatic carbocycles. The summed E-state index contributed by atoms with van der Waals surface area (Å²) in [5, 5.41) is 30.2. The second-order valence-corrected chi connectivity index (χ2v) is 30.4. The SMILES string of the molecule is CCOC(=O)CC(=O)c1ccc(Cl)cc1Cl.CCOC(=O)c1cnn(C2CCOCC2)c1-c1ccc(Cl)cc1Cl.COc1ccc(CNC(=O)c2cnn(C3CCOCC3)c2-c2ccc(Cl)cc2Cl)c(OC)c1.COc1ccc(Cn2c(=O)c3cnn(C4CCOCC4)c3c3ccc(Cl)cc32)c(OC)c1.O=C(O)c1ccc(Br)cc1Cl. The Morgan fingerprint density at radius 2 is 0.966 bits per heavy atom. The normalized spacial score (nSPS) is 13.6. The average Bonchev–Trinajstić information content (AvgIpc) is 1.51. The molecule has 4 aromatic heterocycles. The maximum absolute atomic E-state index is 13.7. The maximum atomic E-state index is 13.7. The monoisotopic (exact) mass is 1800 g/mol. The number of halogens is 9. The van der Waals surface area contributed by atoms with Crippen LogP contribution in [0, 0.1) is 0 Å². The first-order chi connectivity index (χ1) is 55.9. The largest absolute Gasteiger partial charge is 0.497 e. The van der Waals surface area contributed by atoms with E-state index in [4.69, 9.17) is 136 Å². The number of aromatic carboxylic acids is 1. The van der Waals surface area contributed by atoms with Crippen LogP contribution in [-0.4, -0.2) is 150 Å². The van der Waals surface area contributed by atoms with Crippen LogP contribution in [0.25, 0.3) is 44.3 Å². The molecule has 11 aromatic rings. The van der Waals surface area contributed by atoms with E-state index >= 15 is 0 Å². The molecule has 612 valence electrons. The summed E-state index contributed by atoms with van der Waals surface area (Å²) in [6, 6.07) is 36.8. The number of rotatable bonds is 21. The number of nitrogens with zero attached hydrogens (tertiary/aromatic N) is 7. The van der Waals surface area contributed by atoms with Gasteiger partial charge in [0.1, 0.15) is 35.0 Å². The molecule has 0 spiro atoms. The number of fused-ring (bicyclic) bond motifs is 3. The number of methoxy groups -OCH3 is 4. The molecule has 33 heteroatoms. The molecule has 3 saturated heterocycles. The van der Waals surface area contributed by atoms with Gasteiger partial charge in [-0.15, -0.1) is 0 Å². The fourth-order valence-corrected chi connectivity index (χ4v) is 15.6. The Hall–Kier alpha value is -8.93. The number of pyridine rings is 1. The molecule has 0 radical (unpaired) electrons. The highest BCUT2D eigenvalue weighted by Gasteiger charge is 2.30. The first-order valence-corrected chi connectivity index (χ1v) is 40.4. The number of amides is 1. The minimum atomic E-state index is -1.01. The van der Waals surface area contributed by atoms with E-state index in [0.29, 0.717) is 145 Å². The number of carboxylic acid groups (broad SMARTS) is 1. The molecule has 7 aromatic carbocycles. The number of aromatic nitrogens is 7. The van der Waals surface area contributed by atoms with Crippen LogP contribution in [0.3, 0.4) is 0 Å². The summed E-state index contributed by atoms with van der Waals surface area (Å²) < 4.78 is 56.1. The van der Waals surface area contributed by atoms with Gasteiger partial charge in [0.05, 0.1) is 144 Å². The predicted octanol–water partition coefficient (Wildman–Crippen LogP) is 19.9. The Labute approximate surface area is 716 Å². The number of nitrogens with one attached hydrogen (secondary N) is 1. The van der Waals surface area contributed by atoms with Gasteiger partial charge >= 0.3 is 17.9 Å². The van der Waals surface area contributed by atoms with Crippen molar-refractivity contribution in [3.63, 3.8) is 0 Å². The van der Waals surface area contributed by atoms with Crippen LogP contribution in [0.1, 0.15) is 129 Å². The van der Waals surface area contributed by atoms with Gasteiger partial charge in [0, 0.05) is 116 Å². The van der Waals surface area contributed by atoms with E-state index in [1.54, 1.807) is 120 Å². The fraction of sp³-hybridized carbons (Fsp3) is 0.313. The molecule has 7 heterocycles. The summed E-state index contributed by atoms with van der Waals surface area (Å²) in [6.45, 7) is 8.66. The quantitative estimate of drug-likeness (QED) is 0.0384. The highest BCUT2D eigenvalue weighted by atomic mass is 79.9. The Morgan fingerprint density at radius 1 is 0.500 bits per heavy atom. The summed E-state index contributed by atoms with van der Waals surface area (Å²) >= 11 is 51.7. The fourth-order valence-electron chi connectivity index (χ4n) is 13.1. The van der Waals surface area contributed by atoms with Crippen molar-refractivity contribution in [2.45, 2.75) is 90.0 Å². The van der Waals surface area contributed by atoms with E-state index in [2.05, 4.69) is 41.3 Å². The van der Waals surface area contributed by atoms with Gasteiger partial charge in [-0.3, -0.25) is 33.2 Å². The van der Waals surface area contributed by atoms with Crippen LogP contribution < -0.4 is 29.8 Å². The van der Waals surface area contributed by atoms with Crippen molar-refractivity contribution in [3.8, 4) is 45.5 Å². The second-order valence-electron chi connectivity index (χ2n) is 26.1. The third kappa shape index (κ3) is 22.7. The zero-order valence-corrected chi connectivity index (χ0v) is 71.3. The highest BCUT2D eigenvalue weighted by Crippen LogP contribution is 2.40. The number of ketones is 1. The first-order valence-electron chi connectivity index (χ1n) is 36.6. The number of ether oxygens (including phenoxy) is 9. The van der Waals surface area contributed by atoms with Gasteiger partial charge < -0.3 is 57.6 Å². The van der Waals surface area contributed by atoms with E-state index in [1.165, 1.54) is 18.2 Å². The van der Waals surface area contributed by atoms with Crippen LogP contribution in [0.2, 0.25) is 40.2 Å². The topological polar surface area (TPSA) is 276 Å². The highest BCUT2D eigenvalue weighted by molar-refractivity contribution is 9.10. The van der Waals surface area contributed by atoms with Crippen molar-refractivity contribution in [1.29, 1.82) is 0 Å². The molecule has 0 unspecified atom stereocenters. The Kier molecular flexibility index (Phi) is 33.1. The van der Waals surface area contributed by atoms with E-state index in [0.717, 1.165) is 70.5 Å². The Balaban J connectivity index is 0.000000160. The molecular weight excluding hydrogens is 1730 g/mol. The number of carboxylic acids is 1. The summed E-state index contributed by atoms with van der Waals surface area (Å²) in [4.78, 5) is 72.4. The minimum Gasteiger partial charge on any atom is -0.497 e. The molecular formula is C83H81BrCl8N8O16. The number of hydrogen-bond acceptors (Lipinski definition) is 18. The van der Waals surface area contributed by atoms with Crippen LogP contribution in [-0.2, 0) is 41.6 Å². The molecule has 14 rings (SSSR count). The number of carbonyl (C=O) groups excluding carboxylic acids is 4. The zero-order chi connectivity index (χ0) is 83.3. The second kappa shape index (κ2) is 43.0. The zero-order valence-electron chi connectivity index (χ0n) is 63.7. The minimum absolute atomic E-state index is 0.106. The molecule has 2 N–H and O–H groups in total. The molecule has 0 atom stereocenters. The Morgan fingerprint density at radius 3 is 1.47 bits per heavy atom.